The second-order valence-corrected chi connectivity index (χ2v) is 7.91. The van der Waals surface area contributed by atoms with Gasteiger partial charge < -0.3 is 15.4 Å². The molecule has 0 aliphatic carbocycles. The van der Waals surface area contributed by atoms with E-state index in [1.165, 1.54) is 0 Å². The van der Waals surface area contributed by atoms with Crippen LogP contribution in [-0.4, -0.2) is 56.4 Å². The molecule has 0 aromatic carbocycles. The molecule has 5 heterocycles. The standard InChI is InChI=1S/C16H20BrN7O/c1-9-11(18)16(8-25-9)2-5-23(6-3-16)15-20-13-10(12(17)21-22-13)14-19-4-7-24(14)15/h4,7,9,11H,2-3,5-6,8,18H2,1H3,(H,21,22)/t9-,11+/m0/s1. The minimum Gasteiger partial charge on any atom is -0.376 e. The number of ether oxygens (including phenoxy) is 1. The third-order valence-electron chi connectivity index (χ3n) is 5.88. The van der Waals surface area contributed by atoms with Crippen molar-refractivity contribution in [1.29, 1.82) is 0 Å². The molecule has 2 atom stereocenters. The number of nitrogens with zero attached hydrogens (tertiary/aromatic N) is 5. The van der Waals surface area contributed by atoms with Crippen molar-refractivity contribution in [3.05, 3.63) is 17.0 Å². The number of H-pyrrole nitrogens is 1. The third-order valence-corrected chi connectivity index (χ3v) is 6.46. The Kier molecular flexibility index (Phi) is 3.35. The molecule has 2 aliphatic rings. The van der Waals surface area contributed by atoms with Gasteiger partial charge in [0.15, 0.2) is 11.3 Å². The summed E-state index contributed by atoms with van der Waals surface area (Å²) in [5, 5.41) is 8.10. The highest BCUT2D eigenvalue weighted by atomic mass is 79.9. The Labute approximate surface area is 152 Å². The smallest absolute Gasteiger partial charge is 0.213 e. The quantitative estimate of drug-likeness (QED) is 0.639. The van der Waals surface area contributed by atoms with Crippen LogP contribution in [0, 0.1) is 5.41 Å². The number of hydrogen-bond acceptors (Lipinski definition) is 6. The average molecular weight is 406 g/mol. The van der Waals surface area contributed by atoms with Gasteiger partial charge in [0.05, 0.1) is 18.1 Å². The van der Waals surface area contributed by atoms with Crippen LogP contribution >= 0.6 is 15.9 Å². The summed E-state index contributed by atoms with van der Waals surface area (Å²) < 4.78 is 8.60. The summed E-state index contributed by atoms with van der Waals surface area (Å²) >= 11 is 3.47. The van der Waals surface area contributed by atoms with E-state index in [0.717, 1.165) is 59.8 Å². The van der Waals surface area contributed by atoms with Gasteiger partial charge in [-0.25, -0.2) is 4.98 Å². The van der Waals surface area contributed by atoms with Crippen LogP contribution in [0.2, 0.25) is 0 Å². The van der Waals surface area contributed by atoms with Crippen molar-refractivity contribution in [3.8, 4) is 0 Å². The molecule has 3 N–H and O–H groups in total. The Balaban J connectivity index is 1.51. The highest BCUT2D eigenvalue weighted by Crippen LogP contribution is 2.42. The maximum absolute atomic E-state index is 6.43. The maximum Gasteiger partial charge on any atom is 0.213 e. The monoisotopic (exact) mass is 405 g/mol. The van der Waals surface area contributed by atoms with Crippen LogP contribution in [0.1, 0.15) is 19.8 Å². The summed E-state index contributed by atoms with van der Waals surface area (Å²) in [7, 11) is 0. The predicted molar refractivity (Wildman–Crippen MR) is 97.6 cm³/mol. The number of hydrogen-bond donors (Lipinski definition) is 2. The van der Waals surface area contributed by atoms with Gasteiger partial charge in [0, 0.05) is 36.9 Å². The van der Waals surface area contributed by atoms with Gasteiger partial charge in [-0.05, 0) is 35.7 Å². The van der Waals surface area contributed by atoms with Crippen LogP contribution in [0.4, 0.5) is 5.95 Å². The first-order valence-corrected chi connectivity index (χ1v) is 9.37. The highest BCUT2D eigenvalue weighted by Gasteiger charge is 2.47. The zero-order chi connectivity index (χ0) is 17.2. The lowest BCUT2D eigenvalue weighted by Gasteiger charge is -2.41. The molecular weight excluding hydrogens is 386 g/mol. The Hall–Kier alpha value is -1.71. The zero-order valence-electron chi connectivity index (χ0n) is 13.9. The Morgan fingerprint density at radius 3 is 2.92 bits per heavy atom. The van der Waals surface area contributed by atoms with E-state index in [1.807, 2.05) is 10.6 Å². The van der Waals surface area contributed by atoms with Crippen molar-refractivity contribution in [1.82, 2.24) is 24.6 Å². The minimum atomic E-state index is 0.102. The molecule has 2 fully saturated rings. The summed E-state index contributed by atoms with van der Waals surface area (Å²) in [4.78, 5) is 11.6. The number of aromatic nitrogens is 5. The van der Waals surface area contributed by atoms with E-state index in [4.69, 9.17) is 15.5 Å². The molecule has 0 unspecified atom stereocenters. The first kappa shape index (κ1) is 15.5. The molecule has 0 amide bonds. The summed E-state index contributed by atoms with van der Waals surface area (Å²) in [6.45, 7) is 4.66. The van der Waals surface area contributed by atoms with Gasteiger partial charge in [-0.15, -0.1) is 0 Å². The third kappa shape index (κ3) is 2.15. The van der Waals surface area contributed by atoms with Gasteiger partial charge in [-0.1, -0.05) is 0 Å². The lowest BCUT2D eigenvalue weighted by molar-refractivity contribution is 0.0973. The first-order chi connectivity index (χ1) is 12.1. The Morgan fingerprint density at radius 2 is 2.20 bits per heavy atom. The van der Waals surface area contributed by atoms with Crippen molar-refractivity contribution in [3.63, 3.8) is 0 Å². The maximum atomic E-state index is 6.43. The molecule has 25 heavy (non-hydrogen) atoms. The molecule has 1 spiro atoms. The van der Waals surface area contributed by atoms with Crippen molar-refractivity contribution in [2.24, 2.45) is 11.1 Å². The predicted octanol–water partition coefficient (Wildman–Crippen LogP) is 1.70. The van der Waals surface area contributed by atoms with Crippen LogP contribution in [0.5, 0.6) is 0 Å². The van der Waals surface area contributed by atoms with Crippen LogP contribution in [0.3, 0.4) is 0 Å². The number of imidazole rings is 1. The molecule has 8 nitrogen and oxygen atoms in total. The molecule has 0 saturated carbocycles. The van der Waals surface area contributed by atoms with Crippen molar-refractivity contribution in [2.75, 3.05) is 24.6 Å². The highest BCUT2D eigenvalue weighted by molar-refractivity contribution is 9.10. The van der Waals surface area contributed by atoms with Gasteiger partial charge in [-0.3, -0.25) is 9.50 Å². The summed E-state index contributed by atoms with van der Waals surface area (Å²) in [6.07, 6.45) is 5.92. The van der Waals surface area contributed by atoms with E-state index >= 15 is 0 Å². The molecule has 2 saturated heterocycles. The minimum absolute atomic E-state index is 0.102. The molecule has 5 rings (SSSR count). The van der Waals surface area contributed by atoms with E-state index in [2.05, 4.69) is 42.9 Å². The molecule has 2 aliphatic heterocycles. The number of nitrogens with two attached hydrogens (primary N) is 1. The summed E-state index contributed by atoms with van der Waals surface area (Å²) in [6, 6.07) is 0.113. The van der Waals surface area contributed by atoms with E-state index in [-0.39, 0.29) is 17.6 Å². The summed E-state index contributed by atoms with van der Waals surface area (Å²) in [5.74, 6) is 0.895. The fraction of sp³-hybridized carbons (Fsp3) is 0.562. The van der Waals surface area contributed by atoms with Gasteiger partial charge in [0.1, 0.15) is 4.60 Å². The topological polar surface area (TPSA) is 97.4 Å². The number of nitrogens with one attached hydrogen (secondary N) is 1. The molecule has 9 heteroatoms. The molecule has 0 bridgehead atoms. The fourth-order valence-electron chi connectivity index (χ4n) is 4.24. The van der Waals surface area contributed by atoms with Gasteiger partial charge in [0.2, 0.25) is 5.95 Å². The lowest BCUT2D eigenvalue weighted by Crippen LogP contribution is -2.51. The SMILES string of the molecule is C[C@@H]1OCC2(CCN(c3nc4[nH]nc(Br)c4c4nccn34)CC2)[C@@H]1N. The van der Waals surface area contributed by atoms with Gasteiger partial charge in [0.25, 0.3) is 0 Å². The zero-order valence-corrected chi connectivity index (χ0v) is 15.5. The van der Waals surface area contributed by atoms with Crippen molar-refractivity contribution in [2.45, 2.75) is 31.9 Å². The normalized spacial score (nSPS) is 26.3. The van der Waals surface area contributed by atoms with Gasteiger partial charge in [-0.2, -0.15) is 10.1 Å². The van der Waals surface area contributed by atoms with Crippen LogP contribution in [0.15, 0.2) is 17.0 Å². The van der Waals surface area contributed by atoms with E-state index in [0.29, 0.717) is 0 Å². The van der Waals surface area contributed by atoms with Gasteiger partial charge >= 0.3 is 0 Å². The number of halogens is 1. The molecule has 132 valence electrons. The Bertz CT molecular complexity index is 943. The molecule has 0 radical (unpaired) electrons. The number of aromatic amines is 1. The fourth-order valence-corrected chi connectivity index (χ4v) is 4.70. The van der Waals surface area contributed by atoms with Crippen LogP contribution in [0.25, 0.3) is 16.7 Å². The summed E-state index contributed by atoms with van der Waals surface area (Å²) in [5.41, 5.74) is 8.14. The molecule has 3 aromatic rings. The van der Waals surface area contributed by atoms with Crippen molar-refractivity contribution >= 4 is 38.6 Å². The number of fused-ring (bicyclic) bond motifs is 3. The van der Waals surface area contributed by atoms with Crippen LogP contribution in [-0.2, 0) is 4.74 Å². The average Bonchev–Trinajstić information content (AvgIpc) is 3.31. The molecular formula is C16H20BrN7O. The van der Waals surface area contributed by atoms with E-state index < -0.39 is 0 Å². The lowest BCUT2D eigenvalue weighted by atomic mass is 9.73. The van der Waals surface area contributed by atoms with Crippen LogP contribution < -0.4 is 10.6 Å². The number of rotatable bonds is 1. The Morgan fingerprint density at radius 1 is 1.40 bits per heavy atom. The molecule has 3 aromatic heterocycles. The first-order valence-electron chi connectivity index (χ1n) is 8.58. The van der Waals surface area contributed by atoms with E-state index in [9.17, 15) is 0 Å². The number of piperidine rings is 1. The second-order valence-electron chi connectivity index (χ2n) is 7.16. The largest absolute Gasteiger partial charge is 0.376 e. The van der Waals surface area contributed by atoms with E-state index in [1.54, 1.807) is 6.20 Å². The second kappa shape index (κ2) is 5.39. The van der Waals surface area contributed by atoms with Crippen molar-refractivity contribution < 1.29 is 4.74 Å². The number of anilines is 1.